The van der Waals surface area contributed by atoms with E-state index >= 15 is 0 Å². The van der Waals surface area contributed by atoms with Crippen molar-refractivity contribution < 1.29 is 14.3 Å². The molecule has 0 bridgehead atoms. The number of esters is 1. The van der Waals surface area contributed by atoms with Crippen molar-refractivity contribution in [1.29, 1.82) is 0 Å². The van der Waals surface area contributed by atoms with Gasteiger partial charge in [0.1, 0.15) is 5.56 Å². The Bertz CT molecular complexity index is 859. The molecule has 0 atom stereocenters. The number of fused-ring (bicyclic) bond motifs is 1. The van der Waals surface area contributed by atoms with Gasteiger partial charge in [0.2, 0.25) is 5.43 Å². The van der Waals surface area contributed by atoms with Crippen molar-refractivity contribution in [2.75, 3.05) is 32.9 Å². The Kier molecular flexibility index (Phi) is 5.36. The summed E-state index contributed by atoms with van der Waals surface area (Å²) in [5.74, 6) is -0.632. The molecule has 3 rings (SSSR count). The molecule has 3 heterocycles. The van der Waals surface area contributed by atoms with Crippen LogP contribution in [0.1, 0.15) is 23.0 Å². The van der Waals surface area contributed by atoms with E-state index < -0.39 is 5.97 Å². The van der Waals surface area contributed by atoms with Crippen molar-refractivity contribution in [2.24, 2.45) is 7.05 Å². The SMILES string of the molecule is CCOC(=O)c1cn(C)c2c(Cl)nc(CN3CCOCC3)cc2c1=O. The van der Waals surface area contributed by atoms with E-state index in [2.05, 4.69) is 9.88 Å². The number of halogens is 1. The molecule has 7 nitrogen and oxygen atoms in total. The van der Waals surface area contributed by atoms with E-state index in [0.717, 1.165) is 13.1 Å². The second-order valence-electron chi connectivity index (χ2n) is 5.89. The van der Waals surface area contributed by atoms with Gasteiger partial charge in [0.15, 0.2) is 5.15 Å². The third kappa shape index (κ3) is 3.68. The average Bonchev–Trinajstić information content (AvgIpc) is 2.58. The Labute approximate surface area is 150 Å². The molecule has 25 heavy (non-hydrogen) atoms. The van der Waals surface area contributed by atoms with Crippen molar-refractivity contribution >= 4 is 28.5 Å². The van der Waals surface area contributed by atoms with Crippen molar-refractivity contribution in [3.05, 3.63) is 38.9 Å². The molecule has 0 N–H and O–H groups in total. The van der Waals surface area contributed by atoms with Crippen LogP contribution < -0.4 is 5.43 Å². The van der Waals surface area contributed by atoms with E-state index in [0.29, 0.717) is 36.4 Å². The number of nitrogens with zero attached hydrogens (tertiary/aromatic N) is 3. The molecule has 0 saturated carbocycles. The van der Waals surface area contributed by atoms with E-state index in [1.165, 1.54) is 6.20 Å². The van der Waals surface area contributed by atoms with Gasteiger partial charge in [0, 0.05) is 32.9 Å². The topological polar surface area (TPSA) is 73.7 Å². The van der Waals surface area contributed by atoms with E-state index in [-0.39, 0.29) is 22.8 Å². The predicted molar refractivity (Wildman–Crippen MR) is 94.0 cm³/mol. The lowest BCUT2D eigenvalue weighted by Crippen LogP contribution is -2.36. The number of aryl methyl sites for hydroxylation is 1. The zero-order valence-corrected chi connectivity index (χ0v) is 15.0. The fraction of sp³-hybridized carbons (Fsp3) is 0.471. The number of carbonyl (C=O) groups excluding carboxylic acids is 1. The highest BCUT2D eigenvalue weighted by molar-refractivity contribution is 6.33. The molecular weight excluding hydrogens is 346 g/mol. The van der Waals surface area contributed by atoms with Crippen LogP contribution in [0.5, 0.6) is 0 Å². The van der Waals surface area contributed by atoms with Gasteiger partial charge in [-0.1, -0.05) is 11.6 Å². The van der Waals surface area contributed by atoms with E-state index in [1.807, 2.05) is 0 Å². The fourth-order valence-corrected chi connectivity index (χ4v) is 3.30. The summed E-state index contributed by atoms with van der Waals surface area (Å²) < 4.78 is 11.9. The van der Waals surface area contributed by atoms with E-state index in [9.17, 15) is 9.59 Å². The van der Waals surface area contributed by atoms with Crippen LogP contribution in [-0.2, 0) is 23.1 Å². The molecule has 1 saturated heterocycles. The minimum atomic E-state index is -0.632. The smallest absolute Gasteiger partial charge is 0.343 e. The Morgan fingerprint density at radius 2 is 2.12 bits per heavy atom. The highest BCUT2D eigenvalue weighted by Crippen LogP contribution is 2.21. The van der Waals surface area contributed by atoms with Crippen LogP contribution in [0.25, 0.3) is 10.9 Å². The monoisotopic (exact) mass is 365 g/mol. The van der Waals surface area contributed by atoms with Gasteiger partial charge in [0.05, 0.1) is 36.4 Å². The van der Waals surface area contributed by atoms with Crippen molar-refractivity contribution in [2.45, 2.75) is 13.5 Å². The van der Waals surface area contributed by atoms with Gasteiger partial charge in [-0.3, -0.25) is 9.69 Å². The second kappa shape index (κ2) is 7.51. The van der Waals surface area contributed by atoms with Gasteiger partial charge in [-0.2, -0.15) is 0 Å². The van der Waals surface area contributed by atoms with Gasteiger partial charge >= 0.3 is 5.97 Å². The van der Waals surface area contributed by atoms with Crippen LogP contribution in [0.3, 0.4) is 0 Å². The number of aromatic nitrogens is 2. The predicted octanol–water partition coefficient (Wildman–Crippen LogP) is 1.60. The van der Waals surface area contributed by atoms with Crippen LogP contribution in [0.15, 0.2) is 17.1 Å². The molecule has 0 aromatic carbocycles. The van der Waals surface area contributed by atoms with Gasteiger partial charge in [-0.15, -0.1) is 0 Å². The summed E-state index contributed by atoms with van der Waals surface area (Å²) in [5.41, 5.74) is 0.804. The standard InChI is InChI=1S/C17H20ClN3O4/c1-3-25-17(23)13-10-20(2)14-12(15(13)22)8-11(19-16(14)18)9-21-4-6-24-7-5-21/h8,10H,3-7,9H2,1-2H3. The molecule has 0 unspecified atom stereocenters. The van der Waals surface area contributed by atoms with Gasteiger partial charge < -0.3 is 14.0 Å². The molecule has 0 amide bonds. The first-order valence-electron chi connectivity index (χ1n) is 8.17. The van der Waals surface area contributed by atoms with Crippen LogP contribution >= 0.6 is 11.6 Å². The van der Waals surface area contributed by atoms with Crippen LogP contribution in [0.2, 0.25) is 5.15 Å². The number of rotatable bonds is 4. The molecule has 0 spiro atoms. The largest absolute Gasteiger partial charge is 0.462 e. The first kappa shape index (κ1) is 17.8. The van der Waals surface area contributed by atoms with Gasteiger partial charge in [-0.05, 0) is 13.0 Å². The lowest BCUT2D eigenvalue weighted by Gasteiger charge is -2.26. The summed E-state index contributed by atoms with van der Waals surface area (Å²) in [7, 11) is 1.72. The lowest BCUT2D eigenvalue weighted by molar-refractivity contribution is 0.0336. The number of hydrogen-bond donors (Lipinski definition) is 0. The van der Waals surface area contributed by atoms with Crippen LogP contribution in [0.4, 0.5) is 0 Å². The van der Waals surface area contributed by atoms with Gasteiger partial charge in [-0.25, -0.2) is 9.78 Å². The normalized spacial score (nSPS) is 15.5. The average molecular weight is 366 g/mol. The van der Waals surface area contributed by atoms with Crippen molar-refractivity contribution in [3.8, 4) is 0 Å². The van der Waals surface area contributed by atoms with E-state index in [4.69, 9.17) is 21.1 Å². The summed E-state index contributed by atoms with van der Waals surface area (Å²) in [5, 5.41) is 0.618. The van der Waals surface area contributed by atoms with Crippen molar-refractivity contribution in [1.82, 2.24) is 14.5 Å². The summed E-state index contributed by atoms with van der Waals surface area (Å²) in [4.78, 5) is 31.4. The molecule has 1 aliphatic heterocycles. The number of hydrogen-bond acceptors (Lipinski definition) is 6. The number of ether oxygens (including phenoxy) is 2. The molecule has 0 aliphatic carbocycles. The first-order chi connectivity index (χ1) is 12.0. The Balaban J connectivity index is 2.06. The van der Waals surface area contributed by atoms with Gasteiger partial charge in [0.25, 0.3) is 0 Å². The number of carbonyl (C=O) groups is 1. The maximum Gasteiger partial charge on any atom is 0.343 e. The highest BCUT2D eigenvalue weighted by atomic mass is 35.5. The molecule has 2 aromatic rings. The third-order valence-corrected chi connectivity index (χ3v) is 4.42. The molecular formula is C17H20ClN3O4. The molecule has 1 fully saturated rings. The fourth-order valence-electron chi connectivity index (χ4n) is 2.95. The second-order valence-corrected chi connectivity index (χ2v) is 6.25. The van der Waals surface area contributed by atoms with E-state index in [1.54, 1.807) is 24.6 Å². The minimum absolute atomic E-state index is 0.00330. The molecule has 0 radical (unpaired) electrons. The Morgan fingerprint density at radius 3 is 2.80 bits per heavy atom. The van der Waals surface area contributed by atoms with Crippen LogP contribution in [-0.4, -0.2) is 53.3 Å². The molecule has 2 aromatic heterocycles. The zero-order valence-electron chi connectivity index (χ0n) is 14.2. The summed E-state index contributed by atoms with van der Waals surface area (Å²) in [6, 6.07) is 1.71. The molecule has 1 aliphatic rings. The summed E-state index contributed by atoms with van der Waals surface area (Å²) >= 11 is 6.32. The lowest BCUT2D eigenvalue weighted by atomic mass is 10.1. The van der Waals surface area contributed by atoms with Crippen molar-refractivity contribution in [3.63, 3.8) is 0 Å². The summed E-state index contributed by atoms with van der Waals surface area (Å²) in [6.45, 7) is 5.44. The first-order valence-corrected chi connectivity index (χ1v) is 8.55. The molecule has 8 heteroatoms. The quantitative estimate of drug-likeness (QED) is 0.605. The minimum Gasteiger partial charge on any atom is -0.462 e. The third-order valence-electron chi connectivity index (χ3n) is 4.15. The van der Waals surface area contributed by atoms with Crippen LogP contribution in [0, 0.1) is 0 Å². The summed E-state index contributed by atoms with van der Waals surface area (Å²) in [6.07, 6.45) is 1.44. The Hall–Kier alpha value is -1.96. The zero-order chi connectivity index (χ0) is 18.0. The number of morpholine rings is 1. The number of pyridine rings is 2. The highest BCUT2D eigenvalue weighted by Gasteiger charge is 2.19. The maximum absolute atomic E-state index is 12.8. The Morgan fingerprint density at radius 1 is 1.40 bits per heavy atom. The molecule has 134 valence electrons. The maximum atomic E-state index is 12.8.